The molecule has 0 atom stereocenters. The van der Waals surface area contributed by atoms with Crippen molar-refractivity contribution in [3.05, 3.63) is 93.0 Å². The molecule has 0 aromatic heterocycles. The van der Waals surface area contributed by atoms with Crippen molar-refractivity contribution in [3.63, 3.8) is 0 Å². The van der Waals surface area contributed by atoms with Crippen LogP contribution in [0, 0.1) is 61.3 Å². The molecule has 4 aromatic rings. The molecule has 0 amide bonds. The fraction of sp³-hybridized carbons (Fsp3) is 0.400. The number of aromatic hydroxyl groups is 2. The van der Waals surface area contributed by atoms with E-state index in [-0.39, 0.29) is 0 Å². The summed E-state index contributed by atoms with van der Waals surface area (Å²) >= 11 is 0. The van der Waals surface area contributed by atoms with Crippen molar-refractivity contribution in [2.24, 2.45) is 5.92 Å². The summed E-state index contributed by atoms with van der Waals surface area (Å²) in [6.45, 7) is 20.0. The smallest absolute Gasteiger partial charge is 0.125 e. The Hall–Kier alpha value is -3.92. The van der Waals surface area contributed by atoms with Gasteiger partial charge in [0.25, 0.3) is 0 Å². The van der Waals surface area contributed by atoms with E-state index in [0.717, 1.165) is 104 Å². The van der Waals surface area contributed by atoms with E-state index >= 15 is 0 Å². The minimum absolute atomic E-state index is 0.372. The number of phenols is 2. The summed E-state index contributed by atoms with van der Waals surface area (Å²) in [6.07, 6.45) is 4.30. The van der Waals surface area contributed by atoms with Crippen molar-refractivity contribution in [2.75, 3.05) is 13.2 Å². The van der Waals surface area contributed by atoms with Crippen LogP contribution >= 0.6 is 0 Å². The first-order chi connectivity index (χ1) is 20.8. The molecule has 0 saturated carbocycles. The minimum atomic E-state index is 0.372. The molecule has 0 saturated heterocycles. The van der Waals surface area contributed by atoms with Crippen LogP contribution in [0.3, 0.4) is 0 Å². The largest absolute Gasteiger partial charge is 0.507 e. The van der Waals surface area contributed by atoms with Gasteiger partial charge in [-0.15, -0.1) is 0 Å². The van der Waals surface area contributed by atoms with Crippen LogP contribution in [-0.4, -0.2) is 23.4 Å². The lowest BCUT2D eigenvalue weighted by molar-refractivity contribution is 0.271. The molecule has 0 aliphatic carbocycles. The van der Waals surface area contributed by atoms with Gasteiger partial charge in [0.1, 0.15) is 23.0 Å². The first-order valence-electron chi connectivity index (χ1n) is 15.9. The molecule has 0 heterocycles. The van der Waals surface area contributed by atoms with Gasteiger partial charge in [-0.3, -0.25) is 0 Å². The van der Waals surface area contributed by atoms with Gasteiger partial charge in [0.2, 0.25) is 0 Å². The van der Waals surface area contributed by atoms with Crippen LogP contribution in [0.5, 0.6) is 23.0 Å². The van der Waals surface area contributed by atoms with Crippen molar-refractivity contribution >= 4 is 0 Å². The van der Waals surface area contributed by atoms with Gasteiger partial charge < -0.3 is 19.7 Å². The third-order valence-electron chi connectivity index (χ3n) is 8.74. The predicted molar refractivity (Wildman–Crippen MR) is 184 cm³/mol. The lowest BCUT2D eigenvalue weighted by Crippen LogP contribution is -2.06. The second-order valence-corrected chi connectivity index (χ2v) is 12.9. The quantitative estimate of drug-likeness (QED) is 0.160. The molecule has 4 aromatic carbocycles. The second kappa shape index (κ2) is 14.2. The van der Waals surface area contributed by atoms with E-state index in [0.29, 0.717) is 30.6 Å². The van der Waals surface area contributed by atoms with Crippen LogP contribution < -0.4 is 9.47 Å². The Morgan fingerprint density at radius 3 is 0.977 bits per heavy atom. The number of rotatable bonds is 12. The summed E-state index contributed by atoms with van der Waals surface area (Å²) in [5.41, 5.74) is 12.7. The van der Waals surface area contributed by atoms with Crippen LogP contribution in [0.25, 0.3) is 22.3 Å². The monoisotopic (exact) mass is 594 g/mol. The highest BCUT2D eigenvalue weighted by molar-refractivity contribution is 5.71. The highest BCUT2D eigenvalue weighted by Crippen LogP contribution is 2.35. The van der Waals surface area contributed by atoms with E-state index in [1.54, 1.807) is 0 Å². The number of hydrogen-bond acceptors (Lipinski definition) is 4. The van der Waals surface area contributed by atoms with Crippen LogP contribution in [0.4, 0.5) is 0 Å². The molecule has 0 spiro atoms. The molecule has 0 aliphatic rings. The Bertz CT molecular complexity index is 1420. The van der Waals surface area contributed by atoms with Crippen LogP contribution in [0.1, 0.15) is 77.1 Å². The van der Waals surface area contributed by atoms with Gasteiger partial charge in [0, 0.05) is 0 Å². The fourth-order valence-corrected chi connectivity index (χ4v) is 6.29. The SMILES string of the molecule is Cc1cc(-c2cc(C)c(OCCCC(C)CCCOc3c(C)cc(-c4cc(C)c(O)c(C)c4)cc3C)c(C)c2)cc(C)c1O. The van der Waals surface area contributed by atoms with Gasteiger partial charge in [0.05, 0.1) is 13.2 Å². The topological polar surface area (TPSA) is 58.9 Å². The van der Waals surface area contributed by atoms with Gasteiger partial charge in [-0.05, 0) is 202 Å². The van der Waals surface area contributed by atoms with Gasteiger partial charge in [0.15, 0.2) is 0 Å². The molecular weight excluding hydrogens is 544 g/mol. The summed E-state index contributed by atoms with van der Waals surface area (Å²) in [7, 11) is 0. The first kappa shape index (κ1) is 33.0. The van der Waals surface area contributed by atoms with Gasteiger partial charge >= 0.3 is 0 Å². The molecule has 0 fully saturated rings. The molecule has 44 heavy (non-hydrogen) atoms. The highest BCUT2D eigenvalue weighted by atomic mass is 16.5. The molecular formula is C40H50O4. The van der Waals surface area contributed by atoms with E-state index in [4.69, 9.17) is 9.47 Å². The molecule has 0 unspecified atom stereocenters. The van der Waals surface area contributed by atoms with Crippen molar-refractivity contribution < 1.29 is 19.7 Å². The first-order valence-corrected chi connectivity index (χ1v) is 15.9. The van der Waals surface area contributed by atoms with E-state index in [9.17, 15) is 10.2 Å². The average Bonchev–Trinajstić information content (AvgIpc) is 2.96. The summed E-state index contributed by atoms with van der Waals surface area (Å²) in [4.78, 5) is 0. The molecule has 0 bridgehead atoms. The van der Waals surface area contributed by atoms with Crippen molar-refractivity contribution in [1.29, 1.82) is 0 Å². The Morgan fingerprint density at radius 2 is 0.705 bits per heavy atom. The molecule has 2 N–H and O–H groups in total. The van der Waals surface area contributed by atoms with Gasteiger partial charge in [-0.2, -0.15) is 0 Å². The minimum Gasteiger partial charge on any atom is -0.507 e. The van der Waals surface area contributed by atoms with Crippen LogP contribution in [0.15, 0.2) is 48.5 Å². The van der Waals surface area contributed by atoms with Crippen LogP contribution in [0.2, 0.25) is 0 Å². The summed E-state index contributed by atoms with van der Waals surface area (Å²) < 4.78 is 12.5. The third-order valence-corrected chi connectivity index (χ3v) is 8.74. The highest BCUT2D eigenvalue weighted by Gasteiger charge is 2.13. The standard InChI is InChI=1S/C40H50O4/c1-24(12-10-14-43-39-29(6)20-35(21-30(39)7)33-16-25(2)37(41)26(3)17-33)13-11-15-44-40-31(8)22-36(23-32(40)9)34-18-27(4)38(42)28(5)19-34/h16-24,41-42H,10-15H2,1-9H3. The van der Waals surface area contributed by atoms with E-state index < -0.39 is 0 Å². The number of phenolic OH excluding ortho intramolecular Hbond substituents is 2. The Morgan fingerprint density at radius 1 is 0.455 bits per heavy atom. The zero-order chi connectivity index (χ0) is 32.1. The van der Waals surface area contributed by atoms with Crippen molar-refractivity contribution in [1.82, 2.24) is 0 Å². The Kier molecular flexibility index (Phi) is 10.7. The normalized spacial score (nSPS) is 11.3. The molecule has 0 aliphatic heterocycles. The molecule has 4 heteroatoms. The average molecular weight is 595 g/mol. The molecule has 4 nitrogen and oxygen atoms in total. The maximum absolute atomic E-state index is 10.1. The number of hydrogen-bond donors (Lipinski definition) is 2. The summed E-state index contributed by atoms with van der Waals surface area (Å²) in [5.74, 6) is 3.32. The maximum Gasteiger partial charge on any atom is 0.125 e. The van der Waals surface area contributed by atoms with Crippen molar-refractivity contribution in [3.8, 4) is 45.3 Å². The zero-order valence-corrected chi connectivity index (χ0v) is 28.1. The molecule has 4 rings (SSSR count). The lowest BCUT2D eigenvalue weighted by atomic mass is 9.96. The number of ether oxygens (including phenoxy) is 2. The zero-order valence-electron chi connectivity index (χ0n) is 28.1. The number of benzene rings is 4. The lowest BCUT2D eigenvalue weighted by Gasteiger charge is -2.17. The Balaban J connectivity index is 1.23. The van der Waals surface area contributed by atoms with E-state index in [2.05, 4.69) is 58.9 Å². The third kappa shape index (κ3) is 7.77. The van der Waals surface area contributed by atoms with Crippen LogP contribution in [-0.2, 0) is 0 Å². The molecule has 0 radical (unpaired) electrons. The van der Waals surface area contributed by atoms with E-state index in [1.165, 1.54) is 0 Å². The fourth-order valence-electron chi connectivity index (χ4n) is 6.29. The second-order valence-electron chi connectivity index (χ2n) is 12.9. The van der Waals surface area contributed by atoms with Gasteiger partial charge in [-0.1, -0.05) is 6.92 Å². The maximum atomic E-state index is 10.1. The predicted octanol–water partition coefficient (Wildman–Crippen LogP) is 10.6. The molecule has 234 valence electrons. The van der Waals surface area contributed by atoms with Gasteiger partial charge in [-0.25, -0.2) is 0 Å². The summed E-state index contributed by atoms with van der Waals surface area (Å²) in [5, 5.41) is 20.3. The Labute approximate surface area is 264 Å². The number of aryl methyl sites for hydroxylation is 8. The summed E-state index contributed by atoms with van der Waals surface area (Å²) in [6, 6.07) is 16.9. The van der Waals surface area contributed by atoms with Crippen molar-refractivity contribution in [2.45, 2.75) is 88.0 Å². The van der Waals surface area contributed by atoms with E-state index in [1.807, 2.05) is 52.0 Å².